The van der Waals surface area contributed by atoms with Crippen LogP contribution in [0.5, 0.6) is 5.75 Å². The predicted molar refractivity (Wildman–Crippen MR) is 126 cm³/mol. The molecule has 1 saturated carbocycles. The van der Waals surface area contributed by atoms with Gasteiger partial charge in [-0.05, 0) is 51.0 Å². The van der Waals surface area contributed by atoms with Gasteiger partial charge < -0.3 is 19.5 Å². The average Bonchev–Trinajstić information content (AvgIpc) is 2.83. The quantitative estimate of drug-likeness (QED) is 0.513. The molecule has 1 heterocycles. The van der Waals surface area contributed by atoms with Crippen LogP contribution >= 0.6 is 0 Å². The van der Waals surface area contributed by atoms with Gasteiger partial charge in [-0.25, -0.2) is 4.79 Å². The topological polar surface area (TPSA) is 90.9 Å². The summed E-state index contributed by atoms with van der Waals surface area (Å²) in [6, 6.07) is 7.37. The highest BCUT2D eigenvalue weighted by atomic mass is 16.5. The van der Waals surface area contributed by atoms with E-state index in [2.05, 4.69) is 5.32 Å². The molecule has 1 N–H and O–H groups in total. The number of carbonyl (C=O) groups is 3. The summed E-state index contributed by atoms with van der Waals surface area (Å²) in [6.45, 7) is 3.71. The van der Waals surface area contributed by atoms with Gasteiger partial charge in [-0.3, -0.25) is 9.59 Å². The highest BCUT2D eigenvalue weighted by molar-refractivity contribution is 6.12. The van der Waals surface area contributed by atoms with E-state index in [9.17, 15) is 14.4 Å². The summed E-state index contributed by atoms with van der Waals surface area (Å²) in [6.07, 6.45) is 5.29. The van der Waals surface area contributed by atoms with E-state index in [1.165, 1.54) is 7.11 Å². The van der Waals surface area contributed by atoms with E-state index < -0.39 is 23.8 Å². The predicted octanol–water partition coefficient (Wildman–Crippen LogP) is 4.18. The fourth-order valence-electron chi connectivity index (χ4n) is 5.56. The SMILES string of the molecule is COC(=O)[C@H]1C(=O)C2=C(C[C@@H]1C)NC(C)=C(C(=O)OC1CCCCC1)[C@H]2c1ccccc1OC. The number of ketones is 1. The van der Waals surface area contributed by atoms with Gasteiger partial charge in [-0.15, -0.1) is 0 Å². The zero-order valence-electron chi connectivity index (χ0n) is 20.3. The molecule has 1 fully saturated rings. The van der Waals surface area contributed by atoms with Gasteiger partial charge >= 0.3 is 11.9 Å². The van der Waals surface area contributed by atoms with Crippen molar-refractivity contribution in [3.05, 3.63) is 52.4 Å². The Morgan fingerprint density at radius 1 is 1.06 bits per heavy atom. The molecule has 182 valence electrons. The van der Waals surface area contributed by atoms with Crippen LogP contribution in [-0.4, -0.2) is 38.0 Å². The fourth-order valence-corrected chi connectivity index (χ4v) is 5.56. The lowest BCUT2D eigenvalue weighted by atomic mass is 9.69. The molecule has 0 bridgehead atoms. The Morgan fingerprint density at radius 2 is 1.76 bits per heavy atom. The number of methoxy groups -OCH3 is 2. The van der Waals surface area contributed by atoms with Crippen molar-refractivity contribution in [2.75, 3.05) is 14.2 Å². The highest BCUT2D eigenvalue weighted by Gasteiger charge is 2.48. The number of Topliss-reactive ketones (excluding diaryl/α,β-unsaturated/α-hetero) is 1. The second-order valence-corrected chi connectivity index (χ2v) is 9.44. The molecule has 0 radical (unpaired) electrons. The maximum absolute atomic E-state index is 13.8. The second kappa shape index (κ2) is 10.0. The van der Waals surface area contributed by atoms with E-state index in [4.69, 9.17) is 14.2 Å². The Morgan fingerprint density at radius 3 is 2.44 bits per heavy atom. The summed E-state index contributed by atoms with van der Waals surface area (Å²) in [7, 11) is 2.86. The standard InChI is InChI=1S/C27H33NO6/c1-15-14-19-24(25(29)21(15)26(30)33-4)23(18-12-8-9-13-20(18)32-3)22(16(2)28-19)27(31)34-17-10-6-5-7-11-17/h8-9,12-13,15,17,21,23,28H,5-7,10-11,14H2,1-4H3/t15-,21+,23+/m0/s1. The lowest BCUT2D eigenvalue weighted by Crippen LogP contribution is -2.43. The van der Waals surface area contributed by atoms with Gasteiger partial charge in [0.05, 0.1) is 25.7 Å². The largest absolute Gasteiger partial charge is 0.496 e. The molecule has 0 amide bonds. The third-order valence-corrected chi connectivity index (χ3v) is 7.24. The monoisotopic (exact) mass is 467 g/mol. The summed E-state index contributed by atoms with van der Waals surface area (Å²) >= 11 is 0. The highest BCUT2D eigenvalue weighted by Crippen LogP contribution is 2.47. The Labute approximate surface area is 200 Å². The smallest absolute Gasteiger partial charge is 0.337 e. The van der Waals surface area contributed by atoms with Gasteiger partial charge in [0, 0.05) is 22.5 Å². The first-order valence-corrected chi connectivity index (χ1v) is 12.0. The maximum Gasteiger partial charge on any atom is 0.337 e. The van der Waals surface area contributed by atoms with Gasteiger partial charge in [0.2, 0.25) is 0 Å². The van der Waals surface area contributed by atoms with Crippen molar-refractivity contribution in [2.45, 2.75) is 64.4 Å². The van der Waals surface area contributed by atoms with Crippen LogP contribution in [-0.2, 0) is 23.9 Å². The number of carbonyl (C=O) groups excluding carboxylic acids is 3. The zero-order valence-corrected chi connectivity index (χ0v) is 20.3. The van der Waals surface area contributed by atoms with Gasteiger partial charge in [-0.2, -0.15) is 0 Å². The number of allylic oxidation sites excluding steroid dienone is 3. The van der Waals surface area contributed by atoms with E-state index in [1.807, 2.05) is 38.1 Å². The molecule has 0 aromatic heterocycles. The molecule has 4 rings (SSSR count). The number of benzene rings is 1. The average molecular weight is 468 g/mol. The second-order valence-electron chi connectivity index (χ2n) is 9.44. The van der Waals surface area contributed by atoms with Crippen LogP contribution in [0.3, 0.4) is 0 Å². The van der Waals surface area contributed by atoms with Gasteiger partial charge in [0.1, 0.15) is 17.8 Å². The summed E-state index contributed by atoms with van der Waals surface area (Å²) in [4.78, 5) is 40.0. The number of nitrogens with one attached hydrogen (secondary N) is 1. The third-order valence-electron chi connectivity index (χ3n) is 7.24. The molecule has 2 aliphatic carbocycles. The number of rotatable bonds is 5. The van der Waals surface area contributed by atoms with Crippen LogP contribution in [0.4, 0.5) is 0 Å². The van der Waals surface area contributed by atoms with E-state index in [0.717, 1.165) is 37.8 Å². The molecule has 1 aromatic rings. The van der Waals surface area contributed by atoms with Crippen molar-refractivity contribution in [3.8, 4) is 5.75 Å². The minimum absolute atomic E-state index is 0.125. The zero-order chi connectivity index (χ0) is 24.4. The van der Waals surface area contributed by atoms with Gasteiger partial charge in [-0.1, -0.05) is 31.5 Å². The van der Waals surface area contributed by atoms with Crippen LogP contribution in [0.25, 0.3) is 0 Å². The Hall–Kier alpha value is -3.09. The molecular weight excluding hydrogens is 434 g/mol. The molecule has 3 atom stereocenters. The number of dihydropyridines is 1. The van der Waals surface area contributed by atoms with Crippen molar-refractivity contribution >= 4 is 17.7 Å². The first kappa shape index (κ1) is 24.0. The Kier molecular flexibility index (Phi) is 7.10. The minimum Gasteiger partial charge on any atom is -0.496 e. The first-order chi connectivity index (χ1) is 16.4. The lowest BCUT2D eigenvalue weighted by Gasteiger charge is -2.38. The number of hydrogen-bond acceptors (Lipinski definition) is 7. The summed E-state index contributed by atoms with van der Waals surface area (Å²) in [5, 5.41) is 3.31. The minimum atomic E-state index is -0.920. The molecular formula is C27H33NO6. The third kappa shape index (κ3) is 4.36. The number of ether oxygens (including phenoxy) is 3. The molecule has 7 nitrogen and oxygen atoms in total. The van der Waals surface area contributed by atoms with Crippen molar-refractivity contribution in [3.63, 3.8) is 0 Å². The molecule has 34 heavy (non-hydrogen) atoms. The fraction of sp³-hybridized carbons (Fsp3) is 0.519. The van der Waals surface area contributed by atoms with E-state index in [0.29, 0.717) is 34.6 Å². The molecule has 0 spiro atoms. The number of hydrogen-bond donors (Lipinski definition) is 1. The number of para-hydroxylation sites is 1. The van der Waals surface area contributed by atoms with Gasteiger partial charge in [0.25, 0.3) is 0 Å². The lowest BCUT2D eigenvalue weighted by molar-refractivity contribution is -0.151. The summed E-state index contributed by atoms with van der Waals surface area (Å²) < 4.78 is 16.5. The maximum atomic E-state index is 13.8. The molecule has 3 aliphatic rings. The van der Waals surface area contributed by atoms with Gasteiger partial charge in [0.15, 0.2) is 5.78 Å². The normalized spacial score (nSPS) is 25.4. The molecule has 7 heteroatoms. The molecule has 0 unspecified atom stereocenters. The van der Waals surface area contributed by atoms with Crippen molar-refractivity contribution in [1.82, 2.24) is 5.32 Å². The van der Waals surface area contributed by atoms with Crippen LogP contribution in [0, 0.1) is 11.8 Å². The van der Waals surface area contributed by atoms with Crippen LogP contribution in [0.2, 0.25) is 0 Å². The van der Waals surface area contributed by atoms with Crippen molar-refractivity contribution in [1.29, 1.82) is 0 Å². The molecule has 0 saturated heterocycles. The van der Waals surface area contributed by atoms with Crippen LogP contribution in [0.1, 0.15) is 63.9 Å². The summed E-state index contributed by atoms with van der Waals surface area (Å²) in [5.41, 5.74) is 2.90. The van der Waals surface area contributed by atoms with Crippen molar-refractivity contribution in [2.24, 2.45) is 11.8 Å². The van der Waals surface area contributed by atoms with E-state index in [-0.39, 0.29) is 17.8 Å². The molecule has 1 aliphatic heterocycles. The van der Waals surface area contributed by atoms with Crippen LogP contribution in [0.15, 0.2) is 46.8 Å². The Bertz CT molecular complexity index is 1050. The van der Waals surface area contributed by atoms with Crippen LogP contribution < -0.4 is 10.1 Å². The summed E-state index contributed by atoms with van der Waals surface area (Å²) in [5.74, 6) is -2.58. The Balaban J connectivity index is 1.82. The van der Waals surface area contributed by atoms with E-state index in [1.54, 1.807) is 7.11 Å². The van der Waals surface area contributed by atoms with E-state index >= 15 is 0 Å². The first-order valence-electron chi connectivity index (χ1n) is 12.0. The van der Waals surface area contributed by atoms with Crippen molar-refractivity contribution < 1.29 is 28.6 Å². The molecule has 1 aromatic carbocycles. The number of esters is 2.